The summed E-state index contributed by atoms with van der Waals surface area (Å²) in [5.74, 6) is -0.569. The van der Waals surface area contributed by atoms with Gasteiger partial charge in [0.1, 0.15) is 6.04 Å². The zero-order valence-corrected chi connectivity index (χ0v) is 11.7. The summed E-state index contributed by atoms with van der Waals surface area (Å²) in [5.41, 5.74) is 0. The normalized spacial score (nSPS) is 31.9. The van der Waals surface area contributed by atoms with Crippen molar-refractivity contribution in [2.45, 2.75) is 63.6 Å². The molecule has 19 heavy (non-hydrogen) atoms. The predicted molar refractivity (Wildman–Crippen MR) is 69.7 cm³/mol. The minimum Gasteiger partial charge on any atom is -0.480 e. The molecule has 1 saturated heterocycles. The maximum absolute atomic E-state index is 12.4. The molecule has 4 atom stereocenters. The number of carbonyl (C=O) groups excluding carboxylic acids is 1. The molecule has 1 amide bonds. The van der Waals surface area contributed by atoms with E-state index in [9.17, 15) is 14.7 Å². The molecule has 2 rings (SSSR count). The van der Waals surface area contributed by atoms with Crippen LogP contribution in [-0.2, 0) is 14.3 Å². The Kier molecular flexibility index (Phi) is 4.45. The van der Waals surface area contributed by atoms with Gasteiger partial charge in [0.25, 0.3) is 0 Å². The topological polar surface area (TPSA) is 66.8 Å². The smallest absolute Gasteiger partial charge is 0.326 e. The molecule has 0 aromatic heterocycles. The number of carbonyl (C=O) groups is 2. The van der Waals surface area contributed by atoms with Gasteiger partial charge in [-0.15, -0.1) is 0 Å². The summed E-state index contributed by atoms with van der Waals surface area (Å²) in [6, 6.07) is -0.504. The Labute approximate surface area is 113 Å². The second-order valence-corrected chi connectivity index (χ2v) is 5.75. The van der Waals surface area contributed by atoms with Crippen molar-refractivity contribution in [2.75, 3.05) is 7.11 Å². The fraction of sp³-hybridized carbons (Fsp3) is 0.857. The van der Waals surface area contributed by atoms with E-state index < -0.39 is 12.0 Å². The Bertz CT molecular complexity index is 357. The van der Waals surface area contributed by atoms with E-state index in [0.717, 1.165) is 25.7 Å². The number of hydrogen-bond acceptors (Lipinski definition) is 3. The average molecular weight is 269 g/mol. The Balaban J connectivity index is 2.13. The van der Waals surface area contributed by atoms with E-state index in [1.807, 2.05) is 6.92 Å². The van der Waals surface area contributed by atoms with Crippen LogP contribution in [0, 0.1) is 5.92 Å². The number of amides is 1. The molecule has 2 aliphatic rings. The third-order valence-corrected chi connectivity index (χ3v) is 4.53. The van der Waals surface area contributed by atoms with E-state index in [1.165, 1.54) is 0 Å². The maximum atomic E-state index is 12.4. The van der Waals surface area contributed by atoms with E-state index in [1.54, 1.807) is 12.0 Å². The Morgan fingerprint density at radius 3 is 2.68 bits per heavy atom. The zero-order valence-electron chi connectivity index (χ0n) is 11.7. The van der Waals surface area contributed by atoms with Crippen molar-refractivity contribution in [3.05, 3.63) is 0 Å². The van der Waals surface area contributed by atoms with Gasteiger partial charge in [0.15, 0.2) is 0 Å². The fourth-order valence-corrected chi connectivity index (χ4v) is 3.47. The number of methoxy groups -OCH3 is 1. The summed E-state index contributed by atoms with van der Waals surface area (Å²) < 4.78 is 5.12. The van der Waals surface area contributed by atoms with Gasteiger partial charge >= 0.3 is 5.97 Å². The zero-order chi connectivity index (χ0) is 14.0. The number of rotatable bonds is 4. The van der Waals surface area contributed by atoms with Crippen molar-refractivity contribution >= 4 is 11.9 Å². The maximum Gasteiger partial charge on any atom is 0.326 e. The van der Waals surface area contributed by atoms with Crippen molar-refractivity contribution in [3.63, 3.8) is 0 Å². The summed E-state index contributed by atoms with van der Waals surface area (Å²) >= 11 is 0. The largest absolute Gasteiger partial charge is 0.480 e. The molecule has 1 aliphatic carbocycles. The highest BCUT2D eigenvalue weighted by Crippen LogP contribution is 2.40. The number of fused-ring (bicyclic) bond motifs is 1. The highest BCUT2D eigenvalue weighted by Gasteiger charge is 2.47. The molecular formula is C14H23NO4. The fourth-order valence-electron chi connectivity index (χ4n) is 3.47. The molecule has 1 N–H and O–H groups in total. The lowest BCUT2D eigenvalue weighted by atomic mass is 9.84. The molecular weight excluding hydrogens is 246 g/mol. The van der Waals surface area contributed by atoms with Crippen LogP contribution < -0.4 is 0 Å². The van der Waals surface area contributed by atoms with Gasteiger partial charge in [-0.25, -0.2) is 4.79 Å². The third-order valence-electron chi connectivity index (χ3n) is 4.53. The monoisotopic (exact) mass is 269 g/mol. The molecule has 1 heterocycles. The molecule has 1 aliphatic heterocycles. The summed E-state index contributed by atoms with van der Waals surface area (Å²) in [4.78, 5) is 25.4. The molecule has 0 bridgehead atoms. The van der Waals surface area contributed by atoms with E-state index in [4.69, 9.17) is 4.74 Å². The number of nitrogens with zero attached hydrogens (tertiary/aromatic N) is 1. The number of ether oxygens (including phenoxy) is 1. The molecule has 0 aromatic rings. The first-order valence-corrected chi connectivity index (χ1v) is 7.11. The number of hydrogen-bond donors (Lipinski definition) is 1. The van der Waals surface area contributed by atoms with Gasteiger partial charge in [-0.2, -0.15) is 0 Å². The van der Waals surface area contributed by atoms with Gasteiger partial charge in [-0.1, -0.05) is 12.8 Å². The van der Waals surface area contributed by atoms with Crippen molar-refractivity contribution in [1.29, 1.82) is 0 Å². The predicted octanol–water partition coefficient (Wildman–Crippen LogP) is 1.66. The first-order chi connectivity index (χ1) is 9.04. The van der Waals surface area contributed by atoms with Crippen LogP contribution in [-0.4, -0.2) is 47.2 Å². The van der Waals surface area contributed by atoms with E-state index in [0.29, 0.717) is 12.3 Å². The van der Waals surface area contributed by atoms with Crippen LogP contribution in [0.4, 0.5) is 0 Å². The van der Waals surface area contributed by atoms with Gasteiger partial charge in [0, 0.05) is 13.2 Å². The minimum atomic E-state index is -0.868. The quantitative estimate of drug-likeness (QED) is 0.842. The van der Waals surface area contributed by atoms with Crippen LogP contribution in [0.25, 0.3) is 0 Å². The number of aliphatic carboxylic acids is 1. The molecule has 2 fully saturated rings. The first kappa shape index (κ1) is 14.3. The van der Waals surface area contributed by atoms with Gasteiger partial charge < -0.3 is 14.7 Å². The van der Waals surface area contributed by atoms with Crippen LogP contribution in [0.3, 0.4) is 0 Å². The standard InChI is InChI=1S/C14H23NO4/c1-9(19-2)7-13(16)15-11-6-4-3-5-10(11)8-12(15)14(17)18/h9-12H,3-8H2,1-2H3,(H,17,18)/t9-,10+,11-,12+/m1/s1. The SMILES string of the molecule is CO[C@H](C)CC(=O)N1[C@@H]2CCCC[C@H]2C[C@H]1C(=O)O. The lowest BCUT2D eigenvalue weighted by Gasteiger charge is -2.33. The third kappa shape index (κ3) is 2.91. The summed E-state index contributed by atoms with van der Waals surface area (Å²) in [7, 11) is 1.57. The second kappa shape index (κ2) is 5.90. The summed E-state index contributed by atoms with van der Waals surface area (Å²) in [6.07, 6.45) is 4.97. The van der Waals surface area contributed by atoms with Crippen LogP contribution >= 0.6 is 0 Å². The molecule has 0 unspecified atom stereocenters. The van der Waals surface area contributed by atoms with Crippen molar-refractivity contribution in [1.82, 2.24) is 4.90 Å². The number of likely N-dealkylation sites (tertiary alicyclic amines) is 1. The molecule has 5 nitrogen and oxygen atoms in total. The molecule has 0 aromatic carbocycles. The van der Waals surface area contributed by atoms with Crippen molar-refractivity contribution in [3.8, 4) is 0 Å². The number of carboxylic acid groups (broad SMARTS) is 1. The highest BCUT2D eigenvalue weighted by molar-refractivity contribution is 5.85. The average Bonchev–Trinajstić information content (AvgIpc) is 2.78. The van der Waals surface area contributed by atoms with E-state index in [-0.39, 0.29) is 24.5 Å². The Hall–Kier alpha value is -1.10. The Morgan fingerprint density at radius 1 is 1.37 bits per heavy atom. The molecule has 0 spiro atoms. The second-order valence-electron chi connectivity index (χ2n) is 5.75. The van der Waals surface area contributed by atoms with Crippen molar-refractivity contribution < 1.29 is 19.4 Å². The molecule has 1 saturated carbocycles. The molecule has 0 radical (unpaired) electrons. The highest BCUT2D eigenvalue weighted by atomic mass is 16.5. The van der Waals surface area contributed by atoms with Gasteiger partial charge in [0.05, 0.1) is 12.5 Å². The van der Waals surface area contributed by atoms with Gasteiger partial charge in [0.2, 0.25) is 5.91 Å². The van der Waals surface area contributed by atoms with Gasteiger partial charge in [-0.3, -0.25) is 4.79 Å². The van der Waals surface area contributed by atoms with Crippen LogP contribution in [0.15, 0.2) is 0 Å². The first-order valence-electron chi connectivity index (χ1n) is 7.11. The minimum absolute atomic E-state index is 0.0730. The van der Waals surface area contributed by atoms with Crippen molar-refractivity contribution in [2.24, 2.45) is 5.92 Å². The van der Waals surface area contributed by atoms with Crippen LogP contribution in [0.1, 0.15) is 45.4 Å². The lowest BCUT2D eigenvalue weighted by molar-refractivity contribution is -0.150. The Morgan fingerprint density at radius 2 is 2.05 bits per heavy atom. The lowest BCUT2D eigenvalue weighted by Crippen LogP contribution is -2.47. The van der Waals surface area contributed by atoms with E-state index >= 15 is 0 Å². The molecule has 108 valence electrons. The van der Waals surface area contributed by atoms with Crippen LogP contribution in [0.5, 0.6) is 0 Å². The summed E-state index contributed by atoms with van der Waals surface area (Å²) in [5, 5.41) is 9.35. The molecule has 5 heteroatoms. The van der Waals surface area contributed by atoms with E-state index in [2.05, 4.69) is 0 Å². The van der Waals surface area contributed by atoms with Crippen LogP contribution in [0.2, 0.25) is 0 Å². The summed E-state index contributed by atoms with van der Waals surface area (Å²) in [6.45, 7) is 1.84. The van der Waals surface area contributed by atoms with Gasteiger partial charge in [-0.05, 0) is 32.1 Å². The number of carboxylic acids is 1.